The topological polar surface area (TPSA) is 45.7 Å². The van der Waals surface area contributed by atoms with Crippen LogP contribution >= 0.6 is 0 Å². The van der Waals surface area contributed by atoms with Gasteiger partial charge in [-0.05, 0) is 29.8 Å². The molecule has 1 aromatic heterocycles. The number of halogens is 3. The fourth-order valence-electron chi connectivity index (χ4n) is 4.54. The van der Waals surface area contributed by atoms with Gasteiger partial charge in [0.2, 0.25) is 5.91 Å². The van der Waals surface area contributed by atoms with E-state index in [0.717, 1.165) is 17.4 Å². The second kappa shape index (κ2) is 7.24. The number of fused-ring (bicyclic) bond motifs is 1. The largest absolute Gasteiger partial charge is 0.497 e. The Hall–Kier alpha value is -2.77. The lowest BCUT2D eigenvalue weighted by Gasteiger charge is -2.29. The fourth-order valence-corrected chi connectivity index (χ4v) is 4.54. The van der Waals surface area contributed by atoms with Gasteiger partial charge >= 0.3 is 6.18 Å². The summed E-state index contributed by atoms with van der Waals surface area (Å²) < 4.78 is 44.3. The molecule has 3 atom stereocenters. The molecule has 29 heavy (non-hydrogen) atoms. The fraction of sp³-hybridized carbons (Fsp3) is 0.429. The Balaban J connectivity index is 1.61. The first-order chi connectivity index (χ1) is 13.8. The van der Waals surface area contributed by atoms with Crippen LogP contribution < -0.4 is 9.64 Å². The van der Waals surface area contributed by atoms with Crippen molar-refractivity contribution in [1.82, 2.24) is 9.88 Å². The van der Waals surface area contributed by atoms with Gasteiger partial charge in [-0.1, -0.05) is 18.2 Å². The number of pyridine rings is 1. The van der Waals surface area contributed by atoms with Crippen molar-refractivity contribution in [2.24, 2.45) is 11.8 Å². The van der Waals surface area contributed by atoms with E-state index in [2.05, 4.69) is 4.98 Å². The highest BCUT2D eigenvalue weighted by atomic mass is 19.4. The first-order valence-electron chi connectivity index (χ1n) is 9.48. The van der Waals surface area contributed by atoms with Gasteiger partial charge in [0.1, 0.15) is 17.3 Å². The summed E-state index contributed by atoms with van der Waals surface area (Å²) in [6.45, 7) is 3.28. The maximum atomic E-state index is 13.0. The smallest absolute Gasteiger partial charge is 0.433 e. The number of nitrogens with zero attached hydrogens (tertiary/aromatic N) is 3. The van der Waals surface area contributed by atoms with E-state index >= 15 is 0 Å². The van der Waals surface area contributed by atoms with Crippen molar-refractivity contribution in [1.29, 1.82) is 0 Å². The van der Waals surface area contributed by atoms with Crippen molar-refractivity contribution < 1.29 is 22.7 Å². The van der Waals surface area contributed by atoms with Crippen LogP contribution in [0.5, 0.6) is 5.75 Å². The number of benzene rings is 1. The molecule has 2 aromatic rings. The third-order valence-electron chi connectivity index (χ3n) is 5.87. The third kappa shape index (κ3) is 3.63. The zero-order chi connectivity index (χ0) is 20.8. The molecule has 3 heterocycles. The van der Waals surface area contributed by atoms with Gasteiger partial charge in [0.25, 0.3) is 0 Å². The molecule has 8 heteroatoms. The number of amides is 1. The van der Waals surface area contributed by atoms with Gasteiger partial charge in [0, 0.05) is 38.4 Å². The van der Waals surface area contributed by atoms with Crippen LogP contribution in [0.15, 0.2) is 42.5 Å². The quantitative estimate of drug-likeness (QED) is 0.780. The van der Waals surface area contributed by atoms with Crippen LogP contribution in [0.1, 0.15) is 24.2 Å². The molecule has 2 fully saturated rings. The van der Waals surface area contributed by atoms with Crippen molar-refractivity contribution in [2.75, 3.05) is 31.6 Å². The molecule has 0 saturated carbocycles. The Labute approximate surface area is 167 Å². The first kappa shape index (κ1) is 19.5. The highest BCUT2D eigenvalue weighted by Gasteiger charge is 2.48. The van der Waals surface area contributed by atoms with Gasteiger partial charge < -0.3 is 14.5 Å². The number of carbonyl (C=O) groups is 1. The summed E-state index contributed by atoms with van der Waals surface area (Å²) in [6.07, 6.45) is -4.47. The third-order valence-corrected chi connectivity index (χ3v) is 5.87. The Morgan fingerprint density at radius 3 is 2.45 bits per heavy atom. The monoisotopic (exact) mass is 405 g/mol. The van der Waals surface area contributed by atoms with Crippen molar-refractivity contribution in [3.63, 3.8) is 0 Å². The number of ether oxygens (including phenoxy) is 1. The van der Waals surface area contributed by atoms with Crippen LogP contribution in [0.4, 0.5) is 19.0 Å². The lowest BCUT2D eigenvalue weighted by Crippen LogP contribution is -2.34. The van der Waals surface area contributed by atoms with E-state index in [1.807, 2.05) is 34.1 Å². The van der Waals surface area contributed by atoms with E-state index in [0.29, 0.717) is 25.5 Å². The van der Waals surface area contributed by atoms with Crippen LogP contribution in [0.2, 0.25) is 0 Å². The van der Waals surface area contributed by atoms with Crippen LogP contribution in [-0.2, 0) is 11.0 Å². The first-order valence-corrected chi connectivity index (χ1v) is 9.48. The number of aromatic nitrogens is 1. The second-order valence-electron chi connectivity index (χ2n) is 7.60. The molecule has 0 aliphatic carbocycles. The number of alkyl halides is 3. The summed E-state index contributed by atoms with van der Waals surface area (Å²) in [4.78, 5) is 19.8. The maximum absolute atomic E-state index is 13.0. The summed E-state index contributed by atoms with van der Waals surface area (Å²) in [7, 11) is 1.60. The van der Waals surface area contributed by atoms with Gasteiger partial charge in [-0.15, -0.1) is 0 Å². The molecule has 0 N–H and O–H groups in total. The van der Waals surface area contributed by atoms with Gasteiger partial charge in [0.15, 0.2) is 0 Å². The lowest BCUT2D eigenvalue weighted by molar-refractivity contribution is -0.141. The molecule has 0 radical (unpaired) electrons. The molecule has 1 aromatic carbocycles. The number of methoxy groups -OCH3 is 1. The molecule has 0 unspecified atom stereocenters. The van der Waals surface area contributed by atoms with Crippen molar-refractivity contribution in [2.45, 2.75) is 19.1 Å². The number of anilines is 1. The highest BCUT2D eigenvalue weighted by molar-refractivity contribution is 5.74. The van der Waals surface area contributed by atoms with Crippen molar-refractivity contribution in [3.05, 3.63) is 53.7 Å². The number of rotatable bonds is 3. The normalized spacial score (nSPS) is 24.0. The minimum atomic E-state index is -4.47. The molecule has 2 aliphatic rings. The Bertz CT molecular complexity index is 901. The van der Waals surface area contributed by atoms with E-state index < -0.39 is 11.9 Å². The Morgan fingerprint density at radius 1 is 1.10 bits per heavy atom. The van der Waals surface area contributed by atoms with Gasteiger partial charge in [-0.2, -0.15) is 13.2 Å². The Morgan fingerprint density at radius 2 is 1.83 bits per heavy atom. The zero-order valence-electron chi connectivity index (χ0n) is 16.2. The van der Waals surface area contributed by atoms with E-state index in [4.69, 9.17) is 4.74 Å². The van der Waals surface area contributed by atoms with E-state index in [9.17, 15) is 18.0 Å². The SMILES string of the molecule is COc1ccc([C@H]2[C@@H]3CN(c4cccc(C(F)(F)F)n4)C[C@@H]3CN2C(C)=O)cc1. The molecule has 0 bridgehead atoms. The minimum absolute atomic E-state index is 0.00367. The molecule has 2 aliphatic heterocycles. The van der Waals surface area contributed by atoms with Crippen molar-refractivity contribution >= 4 is 11.7 Å². The van der Waals surface area contributed by atoms with Crippen LogP contribution in [-0.4, -0.2) is 42.5 Å². The van der Waals surface area contributed by atoms with Crippen LogP contribution in [0, 0.1) is 11.8 Å². The van der Waals surface area contributed by atoms with Gasteiger partial charge in [0.05, 0.1) is 13.2 Å². The standard InChI is InChI=1S/C21H22F3N3O2/c1-13(28)27-11-15-10-26(19-5-3-4-18(25-19)21(22,23)24)12-17(15)20(27)14-6-8-16(29-2)9-7-14/h3-9,15,17,20H,10-12H2,1-2H3/t15-,17-,20+/m1/s1. The number of likely N-dealkylation sites (tertiary alicyclic amines) is 1. The lowest BCUT2D eigenvalue weighted by atomic mass is 9.89. The highest BCUT2D eigenvalue weighted by Crippen LogP contribution is 2.46. The summed E-state index contributed by atoms with van der Waals surface area (Å²) in [5.74, 6) is 1.38. The average molecular weight is 405 g/mol. The van der Waals surface area contributed by atoms with Crippen LogP contribution in [0.25, 0.3) is 0 Å². The minimum Gasteiger partial charge on any atom is -0.497 e. The summed E-state index contributed by atoms with van der Waals surface area (Å²) >= 11 is 0. The number of hydrogen-bond donors (Lipinski definition) is 0. The molecule has 1 amide bonds. The predicted molar refractivity (Wildman–Crippen MR) is 102 cm³/mol. The summed E-state index contributed by atoms with van der Waals surface area (Å²) in [6, 6.07) is 11.5. The molecular weight excluding hydrogens is 383 g/mol. The van der Waals surface area contributed by atoms with E-state index in [-0.39, 0.29) is 23.8 Å². The number of hydrogen-bond acceptors (Lipinski definition) is 4. The maximum Gasteiger partial charge on any atom is 0.433 e. The predicted octanol–water partition coefficient (Wildman–Crippen LogP) is 3.76. The zero-order valence-corrected chi connectivity index (χ0v) is 16.2. The molecular formula is C21H22F3N3O2. The second-order valence-corrected chi connectivity index (χ2v) is 7.60. The van der Waals surface area contributed by atoms with Gasteiger partial charge in [-0.25, -0.2) is 4.98 Å². The molecule has 154 valence electrons. The van der Waals surface area contributed by atoms with E-state index in [1.54, 1.807) is 20.1 Å². The van der Waals surface area contributed by atoms with Crippen LogP contribution in [0.3, 0.4) is 0 Å². The Kier molecular flexibility index (Phi) is 4.88. The average Bonchev–Trinajstić information content (AvgIpc) is 3.25. The number of carbonyl (C=O) groups excluding carboxylic acids is 1. The molecule has 4 rings (SSSR count). The molecule has 2 saturated heterocycles. The molecule has 0 spiro atoms. The van der Waals surface area contributed by atoms with Crippen molar-refractivity contribution in [3.8, 4) is 5.75 Å². The summed E-state index contributed by atoms with van der Waals surface area (Å²) in [5.41, 5.74) is 0.122. The van der Waals surface area contributed by atoms with E-state index in [1.165, 1.54) is 6.07 Å². The van der Waals surface area contributed by atoms with Gasteiger partial charge in [-0.3, -0.25) is 4.79 Å². The summed E-state index contributed by atoms with van der Waals surface area (Å²) in [5, 5.41) is 0. The molecule has 5 nitrogen and oxygen atoms in total.